The number of esters is 1. The van der Waals surface area contributed by atoms with E-state index in [4.69, 9.17) is 4.74 Å². The van der Waals surface area contributed by atoms with Crippen LogP contribution in [0.3, 0.4) is 0 Å². The van der Waals surface area contributed by atoms with Gasteiger partial charge < -0.3 is 10.1 Å². The van der Waals surface area contributed by atoms with Crippen LogP contribution in [0.15, 0.2) is 53.4 Å². The lowest BCUT2D eigenvalue weighted by Crippen LogP contribution is -2.42. The summed E-state index contributed by atoms with van der Waals surface area (Å²) < 4.78 is 33.0. The van der Waals surface area contributed by atoms with E-state index in [0.29, 0.717) is 13.1 Å². The van der Waals surface area contributed by atoms with E-state index >= 15 is 0 Å². The lowest BCUT2D eigenvalue weighted by molar-refractivity contribution is -0.125. The van der Waals surface area contributed by atoms with Crippen LogP contribution in [0.5, 0.6) is 0 Å². The first kappa shape index (κ1) is 24.4. The molecule has 7 nitrogen and oxygen atoms in total. The molecule has 1 heterocycles. The van der Waals surface area contributed by atoms with E-state index in [9.17, 15) is 18.0 Å². The van der Waals surface area contributed by atoms with Gasteiger partial charge in [0.15, 0.2) is 6.61 Å². The molecule has 3 unspecified atom stereocenters. The van der Waals surface area contributed by atoms with Gasteiger partial charge in [-0.25, -0.2) is 13.2 Å². The van der Waals surface area contributed by atoms with E-state index in [1.54, 1.807) is 0 Å². The summed E-state index contributed by atoms with van der Waals surface area (Å²) in [6, 6.07) is 13.8. The largest absolute Gasteiger partial charge is 0.452 e. The van der Waals surface area contributed by atoms with E-state index < -0.39 is 22.6 Å². The maximum Gasteiger partial charge on any atom is 0.338 e. The van der Waals surface area contributed by atoms with Gasteiger partial charge in [-0.2, -0.15) is 4.31 Å². The normalized spacial score (nSPS) is 23.1. The third-order valence-electron chi connectivity index (χ3n) is 6.58. The number of sulfonamides is 1. The summed E-state index contributed by atoms with van der Waals surface area (Å²) >= 11 is 0. The second-order valence-corrected chi connectivity index (χ2v) is 11.5. The number of piperidine rings is 1. The Morgan fingerprint density at radius 2 is 1.79 bits per heavy atom. The maximum absolute atomic E-state index is 13.2. The highest BCUT2D eigenvalue weighted by Crippen LogP contribution is 2.29. The molecule has 4 rings (SSSR count). The Hall–Kier alpha value is -2.71. The molecule has 2 aromatic rings. The molecular weight excluding hydrogens is 452 g/mol. The highest BCUT2D eigenvalue weighted by molar-refractivity contribution is 7.89. The van der Waals surface area contributed by atoms with Crippen molar-refractivity contribution >= 4 is 21.9 Å². The van der Waals surface area contributed by atoms with Gasteiger partial charge in [0, 0.05) is 13.1 Å². The van der Waals surface area contributed by atoms with Gasteiger partial charge in [0.2, 0.25) is 10.0 Å². The fourth-order valence-electron chi connectivity index (χ4n) is 5.09. The number of carbonyl (C=O) groups excluding carboxylic acids is 2. The summed E-state index contributed by atoms with van der Waals surface area (Å²) in [5, 5.41) is 2.95. The van der Waals surface area contributed by atoms with Crippen molar-refractivity contribution in [2.45, 2.75) is 50.5 Å². The second kappa shape index (κ2) is 10.3. The van der Waals surface area contributed by atoms with Gasteiger partial charge in [-0.15, -0.1) is 0 Å². The summed E-state index contributed by atoms with van der Waals surface area (Å²) in [6.07, 6.45) is 3.81. The van der Waals surface area contributed by atoms with Crippen LogP contribution in [-0.2, 0) is 26.0 Å². The Balaban J connectivity index is 1.38. The zero-order chi connectivity index (χ0) is 24.3. The van der Waals surface area contributed by atoms with E-state index in [2.05, 4.69) is 11.4 Å². The first-order valence-electron chi connectivity index (χ1n) is 11.9. The first-order valence-corrected chi connectivity index (χ1v) is 13.3. The fraction of sp³-hybridized carbons (Fsp3) is 0.462. The summed E-state index contributed by atoms with van der Waals surface area (Å²) in [7, 11) is -3.72. The monoisotopic (exact) mass is 484 g/mol. The Kier molecular flexibility index (Phi) is 7.38. The molecule has 8 heteroatoms. The molecule has 182 valence electrons. The van der Waals surface area contributed by atoms with Crippen molar-refractivity contribution in [2.24, 2.45) is 11.8 Å². The molecule has 1 fully saturated rings. The first-order chi connectivity index (χ1) is 16.2. The minimum atomic E-state index is -3.72. The molecule has 1 saturated heterocycles. The number of ether oxygens (including phenoxy) is 1. The zero-order valence-corrected chi connectivity index (χ0v) is 20.5. The SMILES string of the molecule is CC1CC(C)CN(S(=O)(=O)c2cccc(C(=O)OCC(=O)NC3CCCc4ccccc43)c2)C1. The molecule has 0 bridgehead atoms. The molecule has 0 radical (unpaired) electrons. The van der Waals surface area contributed by atoms with Crippen LogP contribution in [0.2, 0.25) is 0 Å². The van der Waals surface area contributed by atoms with Crippen LogP contribution < -0.4 is 5.32 Å². The molecule has 1 aliphatic heterocycles. The van der Waals surface area contributed by atoms with E-state index in [1.807, 2.05) is 32.0 Å². The van der Waals surface area contributed by atoms with Crippen molar-refractivity contribution in [2.75, 3.05) is 19.7 Å². The lowest BCUT2D eigenvalue weighted by atomic mass is 9.88. The molecule has 2 aromatic carbocycles. The number of amides is 1. The quantitative estimate of drug-likeness (QED) is 0.631. The Morgan fingerprint density at radius 3 is 2.56 bits per heavy atom. The standard InChI is InChI=1S/C26H32N2O5S/c1-18-13-19(2)16-28(15-18)34(31,32)22-10-5-9-21(14-22)26(30)33-17-25(29)27-24-12-6-8-20-7-3-4-11-23(20)24/h3-5,7,9-11,14,18-19,24H,6,8,12-13,15-17H2,1-2H3,(H,27,29). The number of nitrogens with one attached hydrogen (secondary N) is 1. The molecule has 1 aliphatic carbocycles. The van der Waals surface area contributed by atoms with Crippen LogP contribution in [0.4, 0.5) is 0 Å². The molecule has 0 spiro atoms. The van der Waals surface area contributed by atoms with Crippen LogP contribution in [0.1, 0.15) is 60.6 Å². The molecule has 1 amide bonds. The number of aryl methyl sites for hydroxylation is 1. The van der Waals surface area contributed by atoms with E-state index in [-0.39, 0.29) is 34.2 Å². The predicted molar refractivity (Wildman–Crippen MR) is 129 cm³/mol. The van der Waals surface area contributed by atoms with Crippen LogP contribution in [0.25, 0.3) is 0 Å². The van der Waals surface area contributed by atoms with Gasteiger partial charge in [-0.1, -0.05) is 44.2 Å². The number of benzene rings is 2. The van der Waals surface area contributed by atoms with Crippen molar-refractivity contribution in [3.8, 4) is 0 Å². The smallest absolute Gasteiger partial charge is 0.338 e. The van der Waals surface area contributed by atoms with Crippen molar-refractivity contribution in [1.82, 2.24) is 9.62 Å². The summed E-state index contributed by atoms with van der Waals surface area (Å²) in [4.78, 5) is 25.1. The zero-order valence-electron chi connectivity index (χ0n) is 19.7. The van der Waals surface area contributed by atoms with Crippen molar-refractivity contribution in [1.29, 1.82) is 0 Å². The number of rotatable bonds is 6. The number of hydrogen-bond donors (Lipinski definition) is 1. The van der Waals surface area contributed by atoms with Crippen molar-refractivity contribution in [3.05, 3.63) is 65.2 Å². The van der Waals surface area contributed by atoms with E-state index in [1.165, 1.54) is 34.1 Å². The average molecular weight is 485 g/mol. The second-order valence-electron chi connectivity index (χ2n) is 9.58. The Labute approximate surface area is 201 Å². The van der Waals surface area contributed by atoms with Gasteiger partial charge in [0.1, 0.15) is 0 Å². The molecule has 0 aromatic heterocycles. The number of hydrogen-bond acceptors (Lipinski definition) is 5. The van der Waals surface area contributed by atoms with Crippen LogP contribution in [0, 0.1) is 11.8 Å². The van der Waals surface area contributed by atoms with Gasteiger partial charge in [0.25, 0.3) is 5.91 Å². The Morgan fingerprint density at radius 1 is 1.06 bits per heavy atom. The fourth-order valence-corrected chi connectivity index (χ4v) is 6.81. The minimum absolute atomic E-state index is 0.0616. The molecule has 1 N–H and O–H groups in total. The minimum Gasteiger partial charge on any atom is -0.452 e. The summed E-state index contributed by atoms with van der Waals surface area (Å²) in [5.41, 5.74) is 2.44. The van der Waals surface area contributed by atoms with Gasteiger partial charge in [-0.3, -0.25) is 4.79 Å². The summed E-state index contributed by atoms with van der Waals surface area (Å²) in [6.45, 7) is 4.60. The van der Waals surface area contributed by atoms with Crippen molar-refractivity contribution in [3.63, 3.8) is 0 Å². The third-order valence-corrected chi connectivity index (χ3v) is 8.41. The third kappa shape index (κ3) is 5.50. The van der Waals surface area contributed by atoms with E-state index in [0.717, 1.165) is 31.2 Å². The lowest BCUT2D eigenvalue weighted by Gasteiger charge is -2.34. The molecular formula is C26H32N2O5S. The van der Waals surface area contributed by atoms with Gasteiger partial charge in [0.05, 0.1) is 16.5 Å². The van der Waals surface area contributed by atoms with Gasteiger partial charge >= 0.3 is 5.97 Å². The number of carbonyl (C=O) groups is 2. The van der Waals surface area contributed by atoms with Crippen LogP contribution in [-0.4, -0.2) is 44.3 Å². The molecule has 2 aliphatic rings. The Bertz CT molecular complexity index is 1150. The van der Waals surface area contributed by atoms with Crippen LogP contribution >= 0.6 is 0 Å². The average Bonchev–Trinajstić information content (AvgIpc) is 2.82. The highest BCUT2D eigenvalue weighted by Gasteiger charge is 2.32. The van der Waals surface area contributed by atoms with Crippen molar-refractivity contribution < 1.29 is 22.7 Å². The summed E-state index contributed by atoms with van der Waals surface area (Å²) in [5.74, 6) is -0.547. The highest BCUT2D eigenvalue weighted by atomic mass is 32.2. The number of nitrogens with zero attached hydrogens (tertiary/aromatic N) is 1. The molecule has 3 atom stereocenters. The maximum atomic E-state index is 13.2. The molecule has 34 heavy (non-hydrogen) atoms. The van der Waals surface area contributed by atoms with Gasteiger partial charge in [-0.05, 0) is 66.8 Å². The number of fused-ring (bicyclic) bond motifs is 1. The predicted octanol–water partition coefficient (Wildman–Crippen LogP) is 3.70. The topological polar surface area (TPSA) is 92.8 Å². The molecule has 0 saturated carbocycles.